The largest absolute Gasteiger partial charge is 0.497 e. The molecule has 2 rings (SSSR count). The van der Waals surface area contributed by atoms with Gasteiger partial charge in [0.1, 0.15) is 11.5 Å². The number of ether oxygens (including phenoxy) is 2. The summed E-state index contributed by atoms with van der Waals surface area (Å²) < 4.78 is 36.6. The summed E-state index contributed by atoms with van der Waals surface area (Å²) in [5, 5.41) is 2.73. The van der Waals surface area contributed by atoms with E-state index in [0.717, 1.165) is 0 Å². The Morgan fingerprint density at radius 1 is 1.04 bits per heavy atom. The average molecular weight is 364 g/mol. The van der Waals surface area contributed by atoms with Crippen LogP contribution in [-0.4, -0.2) is 35.1 Å². The van der Waals surface area contributed by atoms with Gasteiger partial charge in [0.2, 0.25) is 10.0 Å². The van der Waals surface area contributed by atoms with Gasteiger partial charge in [-0.2, -0.15) is 0 Å². The Morgan fingerprint density at radius 3 is 2.28 bits per heavy atom. The van der Waals surface area contributed by atoms with Gasteiger partial charge in [0, 0.05) is 18.2 Å². The van der Waals surface area contributed by atoms with E-state index in [9.17, 15) is 13.2 Å². The van der Waals surface area contributed by atoms with Gasteiger partial charge < -0.3 is 14.8 Å². The SMILES string of the molecule is CCNS(=O)(=O)c1ccc(C(=O)Nc2ccc(OC)cc2OC)cc1. The zero-order chi connectivity index (χ0) is 18.4. The summed E-state index contributed by atoms with van der Waals surface area (Å²) in [7, 11) is -0.517. The van der Waals surface area contributed by atoms with Crippen LogP contribution in [0.2, 0.25) is 0 Å². The lowest BCUT2D eigenvalue weighted by Crippen LogP contribution is -2.23. The molecule has 0 unspecified atom stereocenters. The molecule has 0 aliphatic rings. The first kappa shape index (κ1) is 18.8. The highest BCUT2D eigenvalue weighted by atomic mass is 32.2. The topological polar surface area (TPSA) is 93.7 Å². The Morgan fingerprint density at radius 2 is 1.72 bits per heavy atom. The second-order valence-corrected chi connectivity index (χ2v) is 6.81. The highest BCUT2D eigenvalue weighted by Gasteiger charge is 2.15. The van der Waals surface area contributed by atoms with Crippen molar-refractivity contribution < 1.29 is 22.7 Å². The van der Waals surface area contributed by atoms with Crippen molar-refractivity contribution in [2.45, 2.75) is 11.8 Å². The first-order chi connectivity index (χ1) is 11.9. The monoisotopic (exact) mass is 364 g/mol. The van der Waals surface area contributed by atoms with Crippen LogP contribution in [0, 0.1) is 0 Å². The van der Waals surface area contributed by atoms with Crippen LogP contribution in [0.15, 0.2) is 47.4 Å². The van der Waals surface area contributed by atoms with E-state index in [-0.39, 0.29) is 10.8 Å². The van der Waals surface area contributed by atoms with Crippen LogP contribution in [-0.2, 0) is 10.0 Å². The maximum Gasteiger partial charge on any atom is 0.255 e. The Labute approximate surface area is 147 Å². The van der Waals surface area contributed by atoms with Gasteiger partial charge in [-0.15, -0.1) is 0 Å². The summed E-state index contributed by atoms with van der Waals surface area (Å²) in [6.07, 6.45) is 0. The summed E-state index contributed by atoms with van der Waals surface area (Å²) in [4.78, 5) is 12.5. The molecule has 8 heteroatoms. The smallest absolute Gasteiger partial charge is 0.255 e. The average Bonchev–Trinajstić information content (AvgIpc) is 2.62. The van der Waals surface area contributed by atoms with Crippen LogP contribution in [0.3, 0.4) is 0 Å². The van der Waals surface area contributed by atoms with E-state index < -0.39 is 10.0 Å². The first-order valence-corrected chi connectivity index (χ1v) is 9.02. The molecule has 0 heterocycles. The normalized spacial score (nSPS) is 11.0. The van der Waals surface area contributed by atoms with Crippen LogP contribution in [0.5, 0.6) is 11.5 Å². The van der Waals surface area contributed by atoms with Crippen LogP contribution >= 0.6 is 0 Å². The molecule has 7 nitrogen and oxygen atoms in total. The van der Waals surface area contributed by atoms with Crippen molar-refractivity contribution in [3.63, 3.8) is 0 Å². The van der Waals surface area contributed by atoms with Gasteiger partial charge in [0.05, 0.1) is 24.8 Å². The fourth-order valence-electron chi connectivity index (χ4n) is 2.16. The molecule has 0 bridgehead atoms. The number of hydrogen-bond donors (Lipinski definition) is 2. The number of rotatable bonds is 7. The van der Waals surface area contributed by atoms with Crippen molar-refractivity contribution >= 4 is 21.6 Å². The van der Waals surface area contributed by atoms with Crippen molar-refractivity contribution in [3.8, 4) is 11.5 Å². The lowest BCUT2D eigenvalue weighted by molar-refractivity contribution is 0.102. The van der Waals surface area contributed by atoms with Gasteiger partial charge in [0.15, 0.2) is 0 Å². The highest BCUT2D eigenvalue weighted by molar-refractivity contribution is 7.89. The van der Waals surface area contributed by atoms with Gasteiger partial charge >= 0.3 is 0 Å². The van der Waals surface area contributed by atoms with Crippen LogP contribution < -0.4 is 19.5 Å². The molecule has 0 spiro atoms. The summed E-state index contributed by atoms with van der Waals surface area (Å²) in [5.74, 6) is 0.683. The molecule has 1 amide bonds. The zero-order valence-corrected chi connectivity index (χ0v) is 15.0. The minimum Gasteiger partial charge on any atom is -0.497 e. The quantitative estimate of drug-likeness (QED) is 0.786. The summed E-state index contributed by atoms with van der Waals surface area (Å²) in [6, 6.07) is 10.7. The van der Waals surface area contributed by atoms with Gasteiger partial charge in [0.25, 0.3) is 5.91 Å². The van der Waals surface area contributed by atoms with E-state index in [1.54, 1.807) is 25.1 Å². The lowest BCUT2D eigenvalue weighted by Gasteiger charge is -2.12. The number of amides is 1. The number of benzene rings is 2. The molecule has 0 aliphatic heterocycles. The maximum absolute atomic E-state index is 12.4. The molecule has 2 aromatic carbocycles. The van der Waals surface area contributed by atoms with Gasteiger partial charge in [-0.05, 0) is 36.4 Å². The molecule has 2 N–H and O–H groups in total. The van der Waals surface area contributed by atoms with E-state index in [1.165, 1.54) is 38.5 Å². The van der Waals surface area contributed by atoms with Crippen LogP contribution in [0.25, 0.3) is 0 Å². The third-order valence-electron chi connectivity index (χ3n) is 3.42. The standard InChI is InChI=1S/C17H20N2O5S/c1-4-18-25(21,22)14-8-5-12(6-9-14)17(20)19-15-10-7-13(23-2)11-16(15)24-3/h5-11,18H,4H2,1-3H3,(H,19,20). The second-order valence-electron chi connectivity index (χ2n) is 5.05. The van der Waals surface area contributed by atoms with Gasteiger partial charge in [-0.25, -0.2) is 13.1 Å². The highest BCUT2D eigenvalue weighted by Crippen LogP contribution is 2.29. The molecule has 25 heavy (non-hydrogen) atoms. The van der Waals surface area contributed by atoms with Crippen molar-refractivity contribution in [1.29, 1.82) is 0 Å². The molecule has 134 valence electrons. The van der Waals surface area contributed by atoms with E-state index in [0.29, 0.717) is 29.3 Å². The van der Waals surface area contributed by atoms with Gasteiger partial charge in [-0.3, -0.25) is 4.79 Å². The van der Waals surface area contributed by atoms with Crippen LogP contribution in [0.4, 0.5) is 5.69 Å². The van der Waals surface area contributed by atoms with Crippen LogP contribution in [0.1, 0.15) is 17.3 Å². The molecule has 2 aromatic rings. The maximum atomic E-state index is 12.4. The van der Waals surface area contributed by atoms with Gasteiger partial charge in [-0.1, -0.05) is 6.92 Å². The van der Waals surface area contributed by atoms with Crippen molar-refractivity contribution in [2.24, 2.45) is 0 Å². The Bertz CT molecular complexity index is 848. The van der Waals surface area contributed by atoms with E-state index in [1.807, 2.05) is 0 Å². The van der Waals surface area contributed by atoms with E-state index >= 15 is 0 Å². The van der Waals surface area contributed by atoms with Crippen molar-refractivity contribution in [3.05, 3.63) is 48.0 Å². The summed E-state index contributed by atoms with van der Waals surface area (Å²) in [6.45, 7) is 1.99. The molecular weight excluding hydrogens is 344 g/mol. The van der Waals surface area contributed by atoms with E-state index in [2.05, 4.69) is 10.0 Å². The number of anilines is 1. The number of carbonyl (C=O) groups excluding carboxylic acids is 1. The number of sulfonamides is 1. The second kappa shape index (κ2) is 8.00. The minimum absolute atomic E-state index is 0.105. The summed E-state index contributed by atoms with van der Waals surface area (Å²) >= 11 is 0. The number of hydrogen-bond acceptors (Lipinski definition) is 5. The Hall–Kier alpha value is -2.58. The van der Waals surface area contributed by atoms with Crippen molar-refractivity contribution in [1.82, 2.24) is 4.72 Å². The van der Waals surface area contributed by atoms with E-state index in [4.69, 9.17) is 9.47 Å². The predicted molar refractivity (Wildman–Crippen MR) is 94.8 cm³/mol. The zero-order valence-electron chi connectivity index (χ0n) is 14.2. The molecule has 0 fully saturated rings. The molecule has 0 aliphatic carbocycles. The fraction of sp³-hybridized carbons (Fsp3) is 0.235. The number of methoxy groups -OCH3 is 2. The van der Waals surface area contributed by atoms with Crippen molar-refractivity contribution in [2.75, 3.05) is 26.1 Å². The molecule has 0 atom stereocenters. The lowest BCUT2D eigenvalue weighted by atomic mass is 10.2. The summed E-state index contributed by atoms with van der Waals surface area (Å²) in [5.41, 5.74) is 0.811. The first-order valence-electron chi connectivity index (χ1n) is 7.54. The number of nitrogens with one attached hydrogen (secondary N) is 2. The Balaban J connectivity index is 2.19. The molecule has 0 saturated carbocycles. The third kappa shape index (κ3) is 4.49. The molecular formula is C17H20N2O5S. The predicted octanol–water partition coefficient (Wildman–Crippen LogP) is 2.25. The Kier molecular flexibility index (Phi) is 6.00. The third-order valence-corrected chi connectivity index (χ3v) is 4.98. The molecule has 0 aromatic heterocycles. The molecule has 0 saturated heterocycles. The number of carbonyl (C=O) groups is 1. The molecule has 0 radical (unpaired) electrons. The minimum atomic E-state index is -3.55. The fourth-order valence-corrected chi connectivity index (χ4v) is 3.20.